The van der Waals surface area contributed by atoms with Crippen molar-refractivity contribution >= 4 is 29.0 Å². The number of hydrogen-bond acceptors (Lipinski definition) is 5. The summed E-state index contributed by atoms with van der Waals surface area (Å²) in [6.45, 7) is 1.46. The molecule has 0 radical (unpaired) electrons. The minimum atomic E-state index is -0.463. The minimum Gasteiger partial charge on any atom is -0.493 e. The lowest BCUT2D eigenvalue weighted by Gasteiger charge is -2.11. The van der Waals surface area contributed by atoms with Crippen LogP contribution >= 0.6 is 0 Å². The van der Waals surface area contributed by atoms with E-state index < -0.39 is 11.8 Å². The molecule has 0 aromatic heterocycles. The third-order valence-corrected chi connectivity index (χ3v) is 3.56. The first-order chi connectivity index (χ1) is 12.4. The van der Waals surface area contributed by atoms with E-state index in [1.165, 1.54) is 21.1 Å². The summed E-state index contributed by atoms with van der Waals surface area (Å²) in [5.41, 5.74) is 1.55. The van der Waals surface area contributed by atoms with Crippen molar-refractivity contribution in [2.75, 3.05) is 24.9 Å². The summed E-state index contributed by atoms with van der Waals surface area (Å²) in [6.07, 6.45) is -0.344. The number of hydrogen-bond donors (Lipinski definition) is 2. The zero-order valence-corrected chi connectivity index (χ0v) is 14.8. The lowest BCUT2D eigenvalue weighted by atomic mass is 10.1. The molecule has 2 aromatic rings. The number of ketones is 1. The molecule has 0 aliphatic carbocycles. The third-order valence-electron chi connectivity index (χ3n) is 3.56. The zero-order chi connectivity index (χ0) is 19.1. The number of Topliss-reactive ketones (excluding diaryl/α,β-unsaturated/α-hetero) is 1. The number of methoxy groups -OCH3 is 2. The zero-order valence-electron chi connectivity index (χ0n) is 14.8. The second-order valence-corrected chi connectivity index (χ2v) is 5.48. The van der Waals surface area contributed by atoms with Crippen LogP contribution in [0, 0.1) is 0 Å². The maximum Gasteiger partial charge on any atom is 0.233 e. The fourth-order valence-electron chi connectivity index (χ4n) is 2.26. The quantitative estimate of drug-likeness (QED) is 0.588. The van der Waals surface area contributed by atoms with Crippen molar-refractivity contribution in [3.8, 4) is 11.5 Å². The summed E-state index contributed by atoms with van der Waals surface area (Å²) in [7, 11) is 3.01. The van der Waals surface area contributed by atoms with Crippen LogP contribution in [0.5, 0.6) is 11.5 Å². The van der Waals surface area contributed by atoms with Gasteiger partial charge in [0.2, 0.25) is 11.8 Å². The van der Waals surface area contributed by atoms with Crippen molar-refractivity contribution in [1.29, 1.82) is 0 Å². The predicted octanol–water partition coefficient (Wildman–Crippen LogP) is 2.87. The normalized spacial score (nSPS) is 9.96. The van der Waals surface area contributed by atoms with Crippen LogP contribution in [0.3, 0.4) is 0 Å². The Hall–Kier alpha value is -3.35. The minimum absolute atomic E-state index is 0.0582. The molecule has 2 aromatic carbocycles. The number of carbonyl (C=O) groups excluding carboxylic acids is 3. The molecule has 0 saturated heterocycles. The van der Waals surface area contributed by atoms with Crippen LogP contribution in [-0.4, -0.2) is 31.8 Å². The molecule has 0 spiro atoms. The fourth-order valence-corrected chi connectivity index (χ4v) is 2.26. The van der Waals surface area contributed by atoms with Crippen molar-refractivity contribution in [3.63, 3.8) is 0 Å². The topological polar surface area (TPSA) is 93.7 Å². The van der Waals surface area contributed by atoms with Crippen molar-refractivity contribution in [2.45, 2.75) is 13.3 Å². The van der Waals surface area contributed by atoms with Crippen molar-refractivity contribution in [3.05, 3.63) is 48.0 Å². The second kappa shape index (κ2) is 8.66. The van der Waals surface area contributed by atoms with E-state index in [1.54, 1.807) is 42.5 Å². The molecular weight excluding hydrogens is 336 g/mol. The average Bonchev–Trinajstić information content (AvgIpc) is 2.61. The SMILES string of the molecule is COc1ccc(NC(=O)CC(=O)Nc2ccc(C(C)=O)cc2)cc1OC. The monoisotopic (exact) mass is 356 g/mol. The van der Waals surface area contributed by atoms with E-state index in [0.717, 1.165) is 0 Å². The largest absolute Gasteiger partial charge is 0.493 e. The molecule has 2 N–H and O–H groups in total. The van der Waals surface area contributed by atoms with Crippen LogP contribution in [0.1, 0.15) is 23.7 Å². The summed E-state index contributed by atoms with van der Waals surface area (Å²) in [5.74, 6) is 0.0309. The van der Waals surface area contributed by atoms with Gasteiger partial charge in [-0.1, -0.05) is 0 Å². The molecule has 136 valence electrons. The van der Waals surface area contributed by atoms with Gasteiger partial charge in [-0.15, -0.1) is 0 Å². The number of ether oxygens (including phenoxy) is 2. The summed E-state index contributed by atoms with van der Waals surface area (Å²) in [6, 6.07) is 11.4. The van der Waals surface area contributed by atoms with Crippen LogP contribution in [-0.2, 0) is 9.59 Å². The van der Waals surface area contributed by atoms with E-state index in [-0.39, 0.29) is 12.2 Å². The highest BCUT2D eigenvalue weighted by molar-refractivity contribution is 6.08. The lowest BCUT2D eigenvalue weighted by Crippen LogP contribution is -2.21. The maximum absolute atomic E-state index is 12.0. The molecule has 0 fully saturated rings. The molecule has 0 aliphatic rings. The molecule has 0 bridgehead atoms. The Morgan fingerprint density at radius 3 is 1.88 bits per heavy atom. The van der Waals surface area contributed by atoms with E-state index in [4.69, 9.17) is 9.47 Å². The molecule has 2 amide bonds. The second-order valence-electron chi connectivity index (χ2n) is 5.48. The van der Waals surface area contributed by atoms with Gasteiger partial charge in [-0.3, -0.25) is 14.4 Å². The standard InChI is InChI=1S/C19H20N2O5/c1-12(22)13-4-6-14(7-5-13)20-18(23)11-19(24)21-15-8-9-16(25-2)17(10-15)26-3/h4-10H,11H2,1-3H3,(H,20,23)(H,21,24). The summed E-state index contributed by atoms with van der Waals surface area (Å²) < 4.78 is 10.3. The Morgan fingerprint density at radius 2 is 1.35 bits per heavy atom. The van der Waals surface area contributed by atoms with Gasteiger partial charge in [0.15, 0.2) is 17.3 Å². The van der Waals surface area contributed by atoms with E-state index >= 15 is 0 Å². The lowest BCUT2D eigenvalue weighted by molar-refractivity contribution is -0.123. The van der Waals surface area contributed by atoms with E-state index in [0.29, 0.717) is 28.4 Å². The summed E-state index contributed by atoms with van der Waals surface area (Å²) >= 11 is 0. The fraction of sp³-hybridized carbons (Fsp3) is 0.211. The molecule has 2 rings (SSSR count). The predicted molar refractivity (Wildman–Crippen MR) is 97.9 cm³/mol. The number of amides is 2. The van der Waals surface area contributed by atoms with Gasteiger partial charge in [0, 0.05) is 23.0 Å². The van der Waals surface area contributed by atoms with Gasteiger partial charge in [0.05, 0.1) is 14.2 Å². The Kier molecular flexibility index (Phi) is 6.32. The Bertz CT molecular complexity index is 815. The maximum atomic E-state index is 12.0. The number of carbonyl (C=O) groups is 3. The van der Waals surface area contributed by atoms with Crippen molar-refractivity contribution in [2.24, 2.45) is 0 Å². The number of nitrogens with one attached hydrogen (secondary N) is 2. The molecule has 7 nitrogen and oxygen atoms in total. The van der Waals surface area contributed by atoms with Crippen LogP contribution in [0.25, 0.3) is 0 Å². The van der Waals surface area contributed by atoms with Crippen LogP contribution in [0.4, 0.5) is 11.4 Å². The molecule has 26 heavy (non-hydrogen) atoms. The highest BCUT2D eigenvalue weighted by Crippen LogP contribution is 2.29. The molecule has 0 saturated carbocycles. The van der Waals surface area contributed by atoms with Crippen LogP contribution in [0.15, 0.2) is 42.5 Å². The van der Waals surface area contributed by atoms with E-state index in [1.807, 2.05) is 0 Å². The molecule has 7 heteroatoms. The highest BCUT2D eigenvalue weighted by Gasteiger charge is 2.12. The Morgan fingerprint density at radius 1 is 0.808 bits per heavy atom. The summed E-state index contributed by atoms with van der Waals surface area (Å²) in [4.78, 5) is 35.2. The molecular formula is C19H20N2O5. The van der Waals surface area contributed by atoms with E-state index in [9.17, 15) is 14.4 Å². The Balaban J connectivity index is 1.92. The van der Waals surface area contributed by atoms with Gasteiger partial charge < -0.3 is 20.1 Å². The van der Waals surface area contributed by atoms with Gasteiger partial charge in [-0.25, -0.2) is 0 Å². The first kappa shape index (κ1) is 19.0. The molecule has 0 atom stereocenters. The van der Waals surface area contributed by atoms with Gasteiger partial charge in [0.25, 0.3) is 0 Å². The average molecular weight is 356 g/mol. The molecule has 0 aliphatic heterocycles. The van der Waals surface area contributed by atoms with Gasteiger partial charge in [-0.05, 0) is 43.3 Å². The third kappa shape index (κ3) is 5.07. The highest BCUT2D eigenvalue weighted by atomic mass is 16.5. The number of rotatable bonds is 7. The first-order valence-corrected chi connectivity index (χ1v) is 7.85. The number of anilines is 2. The number of benzene rings is 2. The van der Waals surface area contributed by atoms with Gasteiger partial charge >= 0.3 is 0 Å². The van der Waals surface area contributed by atoms with Crippen molar-refractivity contribution < 1.29 is 23.9 Å². The summed E-state index contributed by atoms with van der Waals surface area (Å²) in [5, 5.41) is 5.24. The van der Waals surface area contributed by atoms with Crippen LogP contribution in [0.2, 0.25) is 0 Å². The van der Waals surface area contributed by atoms with Crippen LogP contribution < -0.4 is 20.1 Å². The smallest absolute Gasteiger partial charge is 0.233 e. The van der Waals surface area contributed by atoms with E-state index in [2.05, 4.69) is 10.6 Å². The first-order valence-electron chi connectivity index (χ1n) is 7.85. The molecule has 0 unspecified atom stereocenters. The van der Waals surface area contributed by atoms with Crippen molar-refractivity contribution in [1.82, 2.24) is 0 Å². The molecule has 0 heterocycles. The van der Waals surface area contributed by atoms with Gasteiger partial charge in [-0.2, -0.15) is 0 Å². The Labute approximate surface area is 151 Å². The van der Waals surface area contributed by atoms with Gasteiger partial charge in [0.1, 0.15) is 6.42 Å².